The van der Waals surface area contributed by atoms with Gasteiger partial charge in [-0.2, -0.15) is 4.39 Å². The Bertz CT molecular complexity index is 642. The smallest absolute Gasteiger partial charge is 0.306 e. The fourth-order valence-corrected chi connectivity index (χ4v) is 1.65. The lowest BCUT2D eigenvalue weighted by Gasteiger charge is -2.08. The molecule has 0 atom stereocenters. The third kappa shape index (κ3) is 2.87. The number of halogens is 3. The van der Waals surface area contributed by atoms with E-state index in [0.717, 1.165) is 24.3 Å². The third-order valence-electron chi connectivity index (χ3n) is 2.67. The van der Waals surface area contributed by atoms with Crippen LogP contribution in [0.2, 0.25) is 0 Å². The molecule has 0 fully saturated rings. The van der Waals surface area contributed by atoms with Gasteiger partial charge in [-0.15, -0.1) is 0 Å². The molecular formula is C13H9F3N2O2. The summed E-state index contributed by atoms with van der Waals surface area (Å²) < 4.78 is 39.9. The standard InChI is InChI=1S/C13H9F3N2O2/c14-10-2-1-3-11(15)9(10)7-17-8-4-5-12(16)13(6-8)18(19)20/h1-6,17H,7H2. The zero-order valence-electron chi connectivity index (χ0n) is 10.1. The Hall–Kier alpha value is -2.57. The van der Waals surface area contributed by atoms with Crippen molar-refractivity contribution < 1.29 is 18.1 Å². The summed E-state index contributed by atoms with van der Waals surface area (Å²) in [4.78, 5) is 9.70. The molecule has 7 heteroatoms. The minimum Gasteiger partial charge on any atom is -0.381 e. The van der Waals surface area contributed by atoms with Crippen molar-refractivity contribution in [3.05, 3.63) is 69.5 Å². The number of nitro groups is 1. The van der Waals surface area contributed by atoms with E-state index in [-0.39, 0.29) is 17.8 Å². The lowest BCUT2D eigenvalue weighted by Crippen LogP contribution is -2.05. The molecule has 0 aliphatic rings. The van der Waals surface area contributed by atoms with Gasteiger partial charge in [-0.05, 0) is 24.3 Å². The molecular weight excluding hydrogens is 273 g/mol. The Morgan fingerprint density at radius 2 is 1.70 bits per heavy atom. The number of benzene rings is 2. The summed E-state index contributed by atoms with van der Waals surface area (Å²) in [5.41, 5.74) is -0.704. The van der Waals surface area contributed by atoms with Crippen LogP contribution < -0.4 is 5.32 Å². The van der Waals surface area contributed by atoms with Crippen molar-refractivity contribution in [2.45, 2.75) is 6.54 Å². The molecule has 2 rings (SSSR count). The minimum absolute atomic E-state index is 0.195. The molecule has 0 saturated carbocycles. The van der Waals surface area contributed by atoms with Gasteiger partial charge >= 0.3 is 5.69 Å². The average molecular weight is 282 g/mol. The predicted molar refractivity (Wildman–Crippen MR) is 66.7 cm³/mol. The van der Waals surface area contributed by atoms with Crippen molar-refractivity contribution >= 4 is 11.4 Å². The van der Waals surface area contributed by atoms with Crippen molar-refractivity contribution in [3.63, 3.8) is 0 Å². The molecule has 0 heterocycles. The Labute approximate surface area is 112 Å². The van der Waals surface area contributed by atoms with Crippen LogP contribution >= 0.6 is 0 Å². The number of nitrogens with zero attached hydrogens (tertiary/aromatic N) is 1. The second-order valence-corrected chi connectivity index (χ2v) is 3.98. The lowest BCUT2D eigenvalue weighted by molar-refractivity contribution is -0.387. The van der Waals surface area contributed by atoms with Crippen molar-refractivity contribution in [2.24, 2.45) is 0 Å². The fraction of sp³-hybridized carbons (Fsp3) is 0.0769. The maximum Gasteiger partial charge on any atom is 0.306 e. The molecule has 2 aromatic carbocycles. The molecule has 0 amide bonds. The van der Waals surface area contributed by atoms with Crippen LogP contribution in [0.1, 0.15) is 5.56 Å². The van der Waals surface area contributed by atoms with Crippen LogP contribution in [-0.2, 0) is 6.54 Å². The Morgan fingerprint density at radius 1 is 1.05 bits per heavy atom. The second kappa shape index (κ2) is 5.60. The molecule has 1 N–H and O–H groups in total. The number of anilines is 1. The summed E-state index contributed by atoms with van der Waals surface area (Å²) >= 11 is 0. The van der Waals surface area contributed by atoms with Gasteiger partial charge < -0.3 is 5.32 Å². The first kappa shape index (κ1) is 13.9. The number of rotatable bonds is 4. The van der Waals surface area contributed by atoms with Gasteiger partial charge in [0.05, 0.1) is 4.92 Å². The van der Waals surface area contributed by atoms with Gasteiger partial charge in [0.25, 0.3) is 0 Å². The number of hydrogen-bond acceptors (Lipinski definition) is 3. The minimum atomic E-state index is -0.974. The zero-order chi connectivity index (χ0) is 14.7. The maximum atomic E-state index is 13.4. The van der Waals surface area contributed by atoms with Gasteiger partial charge in [0.15, 0.2) is 0 Å². The van der Waals surface area contributed by atoms with E-state index >= 15 is 0 Å². The second-order valence-electron chi connectivity index (χ2n) is 3.98. The highest BCUT2D eigenvalue weighted by Gasteiger charge is 2.15. The van der Waals surface area contributed by atoms with E-state index < -0.39 is 28.1 Å². The van der Waals surface area contributed by atoms with Crippen LogP contribution in [0.25, 0.3) is 0 Å². The summed E-state index contributed by atoms with van der Waals surface area (Å²) in [6.07, 6.45) is 0. The van der Waals surface area contributed by atoms with E-state index in [0.29, 0.717) is 0 Å². The number of nitrogens with one attached hydrogen (secondary N) is 1. The molecule has 0 aliphatic carbocycles. The van der Waals surface area contributed by atoms with E-state index in [1.165, 1.54) is 12.1 Å². The number of hydrogen-bond donors (Lipinski definition) is 1. The van der Waals surface area contributed by atoms with Crippen LogP contribution in [0.4, 0.5) is 24.5 Å². The molecule has 0 aromatic heterocycles. The first-order chi connectivity index (χ1) is 9.49. The van der Waals surface area contributed by atoms with Crippen molar-refractivity contribution in [1.82, 2.24) is 0 Å². The van der Waals surface area contributed by atoms with Crippen LogP contribution in [0, 0.1) is 27.6 Å². The Morgan fingerprint density at radius 3 is 2.30 bits per heavy atom. The van der Waals surface area contributed by atoms with Gasteiger partial charge in [-0.3, -0.25) is 10.1 Å². The van der Waals surface area contributed by atoms with Crippen LogP contribution in [-0.4, -0.2) is 4.92 Å². The maximum absolute atomic E-state index is 13.4. The van der Waals surface area contributed by atoms with Gasteiger partial charge in [0.2, 0.25) is 5.82 Å². The summed E-state index contributed by atoms with van der Waals surface area (Å²) in [5, 5.41) is 13.2. The molecule has 0 spiro atoms. The van der Waals surface area contributed by atoms with Crippen molar-refractivity contribution in [1.29, 1.82) is 0 Å². The Balaban J connectivity index is 2.19. The highest BCUT2D eigenvalue weighted by Crippen LogP contribution is 2.22. The topological polar surface area (TPSA) is 55.2 Å². The van der Waals surface area contributed by atoms with Crippen LogP contribution in [0.5, 0.6) is 0 Å². The Kier molecular flexibility index (Phi) is 3.88. The lowest BCUT2D eigenvalue weighted by atomic mass is 10.2. The van der Waals surface area contributed by atoms with Gasteiger partial charge in [0.1, 0.15) is 11.6 Å². The summed E-state index contributed by atoms with van der Waals surface area (Å²) in [5.74, 6) is -2.43. The molecule has 0 unspecified atom stereocenters. The quantitative estimate of drug-likeness (QED) is 0.688. The molecule has 0 saturated heterocycles. The first-order valence-electron chi connectivity index (χ1n) is 5.59. The monoisotopic (exact) mass is 282 g/mol. The molecule has 104 valence electrons. The van der Waals surface area contributed by atoms with E-state index in [1.807, 2.05) is 0 Å². The fourth-order valence-electron chi connectivity index (χ4n) is 1.65. The highest BCUT2D eigenvalue weighted by molar-refractivity contribution is 5.52. The molecule has 20 heavy (non-hydrogen) atoms. The average Bonchev–Trinajstić information content (AvgIpc) is 2.39. The van der Waals surface area contributed by atoms with Crippen LogP contribution in [0.15, 0.2) is 36.4 Å². The summed E-state index contributed by atoms with van der Waals surface area (Å²) in [6, 6.07) is 6.57. The molecule has 2 aromatic rings. The van der Waals surface area contributed by atoms with E-state index in [1.54, 1.807) is 0 Å². The number of nitro benzene ring substituents is 1. The van der Waals surface area contributed by atoms with Crippen LogP contribution in [0.3, 0.4) is 0 Å². The highest BCUT2D eigenvalue weighted by atomic mass is 19.1. The summed E-state index contributed by atoms with van der Waals surface area (Å²) in [7, 11) is 0. The van der Waals surface area contributed by atoms with E-state index in [4.69, 9.17) is 0 Å². The van der Waals surface area contributed by atoms with Crippen molar-refractivity contribution in [3.8, 4) is 0 Å². The van der Waals surface area contributed by atoms with Crippen molar-refractivity contribution in [2.75, 3.05) is 5.32 Å². The van der Waals surface area contributed by atoms with Gasteiger partial charge in [-0.25, -0.2) is 8.78 Å². The SMILES string of the molecule is O=[N+]([O-])c1cc(NCc2c(F)cccc2F)ccc1F. The van der Waals surface area contributed by atoms with Gasteiger partial charge in [-0.1, -0.05) is 6.07 Å². The molecule has 0 bridgehead atoms. The van der Waals surface area contributed by atoms with E-state index in [2.05, 4.69) is 5.32 Å². The predicted octanol–water partition coefficient (Wildman–Crippen LogP) is 3.62. The molecule has 4 nitrogen and oxygen atoms in total. The molecule has 0 aliphatic heterocycles. The van der Waals surface area contributed by atoms with E-state index in [9.17, 15) is 23.3 Å². The molecule has 0 radical (unpaired) electrons. The summed E-state index contributed by atoms with van der Waals surface area (Å²) in [6.45, 7) is -0.207. The first-order valence-corrected chi connectivity index (χ1v) is 5.59. The zero-order valence-corrected chi connectivity index (χ0v) is 10.1. The largest absolute Gasteiger partial charge is 0.381 e. The van der Waals surface area contributed by atoms with Gasteiger partial charge in [0, 0.05) is 23.9 Å². The third-order valence-corrected chi connectivity index (χ3v) is 2.67. The normalized spacial score (nSPS) is 10.3.